The standard InChI is InChI=1S/C14H21ClFN/c1-3-10-17-12(4-2)9-8-11-6-5-7-13(15)14(11)16/h5-7,12,17H,3-4,8-10H2,1-2H3. The molecule has 17 heavy (non-hydrogen) atoms. The molecular weight excluding hydrogens is 237 g/mol. The average Bonchev–Trinajstić information content (AvgIpc) is 2.34. The lowest BCUT2D eigenvalue weighted by molar-refractivity contribution is 0.464. The van der Waals surface area contributed by atoms with Crippen LogP contribution in [0.25, 0.3) is 0 Å². The number of benzene rings is 1. The highest BCUT2D eigenvalue weighted by Gasteiger charge is 2.09. The Hall–Kier alpha value is -0.600. The first-order valence-corrected chi connectivity index (χ1v) is 6.73. The molecule has 0 spiro atoms. The zero-order chi connectivity index (χ0) is 12.7. The Morgan fingerprint density at radius 1 is 1.35 bits per heavy atom. The molecule has 1 nitrogen and oxygen atoms in total. The van der Waals surface area contributed by atoms with E-state index in [-0.39, 0.29) is 10.8 Å². The minimum atomic E-state index is -0.264. The van der Waals surface area contributed by atoms with Crippen molar-refractivity contribution in [2.45, 2.75) is 45.6 Å². The lowest BCUT2D eigenvalue weighted by Crippen LogP contribution is -2.29. The summed E-state index contributed by atoms with van der Waals surface area (Å²) < 4.78 is 13.7. The fourth-order valence-corrected chi connectivity index (χ4v) is 2.06. The van der Waals surface area contributed by atoms with E-state index >= 15 is 0 Å². The van der Waals surface area contributed by atoms with Crippen LogP contribution in [0.15, 0.2) is 18.2 Å². The molecular formula is C14H21ClFN. The van der Waals surface area contributed by atoms with E-state index in [1.54, 1.807) is 12.1 Å². The molecule has 0 radical (unpaired) electrons. The van der Waals surface area contributed by atoms with Crippen LogP contribution in [0, 0.1) is 5.82 Å². The third kappa shape index (κ3) is 4.64. The van der Waals surface area contributed by atoms with Crippen molar-refractivity contribution in [1.29, 1.82) is 0 Å². The monoisotopic (exact) mass is 257 g/mol. The van der Waals surface area contributed by atoms with E-state index in [0.717, 1.165) is 32.2 Å². The molecule has 0 amide bonds. The van der Waals surface area contributed by atoms with Gasteiger partial charge in [-0.25, -0.2) is 4.39 Å². The van der Waals surface area contributed by atoms with Crippen LogP contribution in [0.1, 0.15) is 38.7 Å². The SMILES string of the molecule is CCCNC(CC)CCc1cccc(Cl)c1F. The highest BCUT2D eigenvalue weighted by atomic mass is 35.5. The number of aryl methyl sites for hydroxylation is 1. The van der Waals surface area contributed by atoms with Gasteiger partial charge < -0.3 is 5.32 Å². The molecule has 1 N–H and O–H groups in total. The molecule has 3 heteroatoms. The summed E-state index contributed by atoms with van der Waals surface area (Å²) in [5, 5.41) is 3.69. The smallest absolute Gasteiger partial charge is 0.144 e. The van der Waals surface area contributed by atoms with Gasteiger partial charge in [-0.3, -0.25) is 0 Å². The molecule has 0 aliphatic rings. The number of halogens is 2. The van der Waals surface area contributed by atoms with E-state index in [4.69, 9.17) is 11.6 Å². The van der Waals surface area contributed by atoms with Crippen LogP contribution in [0.2, 0.25) is 5.02 Å². The number of rotatable bonds is 7. The first-order valence-electron chi connectivity index (χ1n) is 6.35. The van der Waals surface area contributed by atoms with Crippen LogP contribution in [-0.2, 0) is 6.42 Å². The second-order valence-corrected chi connectivity index (χ2v) is 4.72. The molecule has 0 heterocycles. The summed E-state index contributed by atoms with van der Waals surface area (Å²) in [4.78, 5) is 0. The van der Waals surface area contributed by atoms with E-state index in [1.807, 2.05) is 6.07 Å². The average molecular weight is 258 g/mol. The highest BCUT2D eigenvalue weighted by molar-refractivity contribution is 6.30. The Labute approximate surface area is 108 Å². The van der Waals surface area contributed by atoms with Gasteiger partial charge in [-0.15, -0.1) is 0 Å². The van der Waals surface area contributed by atoms with E-state index < -0.39 is 0 Å². The lowest BCUT2D eigenvalue weighted by atomic mass is 10.0. The predicted molar refractivity (Wildman–Crippen MR) is 72.1 cm³/mol. The number of hydrogen-bond acceptors (Lipinski definition) is 1. The fourth-order valence-electron chi connectivity index (χ4n) is 1.87. The van der Waals surface area contributed by atoms with Gasteiger partial charge in [0.1, 0.15) is 5.82 Å². The molecule has 1 atom stereocenters. The summed E-state index contributed by atoms with van der Waals surface area (Å²) in [6, 6.07) is 5.68. The molecule has 0 aromatic heterocycles. The largest absolute Gasteiger partial charge is 0.314 e. The Morgan fingerprint density at radius 2 is 2.12 bits per heavy atom. The minimum absolute atomic E-state index is 0.220. The lowest BCUT2D eigenvalue weighted by Gasteiger charge is -2.16. The van der Waals surface area contributed by atoms with Gasteiger partial charge in [-0.1, -0.05) is 37.6 Å². The summed E-state index contributed by atoms with van der Waals surface area (Å²) in [5.74, 6) is -0.264. The van der Waals surface area contributed by atoms with Crippen molar-refractivity contribution in [3.63, 3.8) is 0 Å². The summed E-state index contributed by atoms with van der Waals surface area (Å²) in [6.07, 6.45) is 3.89. The minimum Gasteiger partial charge on any atom is -0.314 e. The molecule has 1 aromatic rings. The first-order chi connectivity index (χ1) is 8.19. The molecule has 0 aliphatic carbocycles. The molecule has 1 aromatic carbocycles. The number of nitrogens with one attached hydrogen (secondary N) is 1. The van der Waals surface area contributed by atoms with Gasteiger partial charge in [0, 0.05) is 6.04 Å². The van der Waals surface area contributed by atoms with Gasteiger partial charge in [-0.05, 0) is 43.9 Å². The summed E-state index contributed by atoms with van der Waals surface area (Å²) >= 11 is 5.76. The maximum Gasteiger partial charge on any atom is 0.144 e. The van der Waals surface area contributed by atoms with E-state index in [1.165, 1.54) is 0 Å². The maximum absolute atomic E-state index is 13.7. The van der Waals surface area contributed by atoms with E-state index in [2.05, 4.69) is 19.2 Å². The van der Waals surface area contributed by atoms with Gasteiger partial charge in [0.2, 0.25) is 0 Å². The normalized spacial score (nSPS) is 12.7. The molecule has 0 saturated carbocycles. The summed E-state index contributed by atoms with van der Waals surface area (Å²) in [6.45, 7) is 5.33. The first kappa shape index (κ1) is 14.5. The van der Waals surface area contributed by atoms with E-state index in [0.29, 0.717) is 11.6 Å². The van der Waals surface area contributed by atoms with E-state index in [9.17, 15) is 4.39 Å². The van der Waals surface area contributed by atoms with Gasteiger partial charge in [0.15, 0.2) is 0 Å². The van der Waals surface area contributed by atoms with Crippen LogP contribution in [0.4, 0.5) is 4.39 Å². The second kappa shape index (κ2) is 7.67. The zero-order valence-electron chi connectivity index (χ0n) is 10.6. The molecule has 0 saturated heterocycles. The molecule has 96 valence electrons. The summed E-state index contributed by atoms with van der Waals surface area (Å²) in [7, 11) is 0. The van der Waals surface area contributed by atoms with Crippen LogP contribution in [0.5, 0.6) is 0 Å². The van der Waals surface area contributed by atoms with Gasteiger partial charge >= 0.3 is 0 Å². The van der Waals surface area contributed by atoms with Crippen molar-refractivity contribution in [2.75, 3.05) is 6.54 Å². The van der Waals surface area contributed by atoms with Crippen molar-refractivity contribution in [2.24, 2.45) is 0 Å². The quantitative estimate of drug-likeness (QED) is 0.772. The van der Waals surface area contributed by atoms with Crippen LogP contribution >= 0.6 is 11.6 Å². The Kier molecular flexibility index (Phi) is 6.53. The van der Waals surface area contributed by atoms with Crippen molar-refractivity contribution < 1.29 is 4.39 Å². The summed E-state index contributed by atoms with van der Waals surface area (Å²) in [5.41, 5.74) is 0.717. The topological polar surface area (TPSA) is 12.0 Å². The Bertz CT molecular complexity index is 341. The van der Waals surface area contributed by atoms with Crippen molar-refractivity contribution in [3.8, 4) is 0 Å². The predicted octanol–water partition coefficient (Wildman–Crippen LogP) is 4.19. The molecule has 0 bridgehead atoms. The molecule has 0 aliphatic heterocycles. The fraction of sp³-hybridized carbons (Fsp3) is 0.571. The molecule has 1 rings (SSSR count). The Balaban J connectivity index is 2.50. The number of hydrogen-bond donors (Lipinski definition) is 1. The van der Waals surface area contributed by atoms with Crippen LogP contribution < -0.4 is 5.32 Å². The zero-order valence-corrected chi connectivity index (χ0v) is 11.4. The van der Waals surface area contributed by atoms with Crippen LogP contribution in [0.3, 0.4) is 0 Å². The molecule has 1 unspecified atom stereocenters. The maximum atomic E-state index is 13.7. The second-order valence-electron chi connectivity index (χ2n) is 4.31. The van der Waals surface area contributed by atoms with Crippen molar-refractivity contribution in [3.05, 3.63) is 34.6 Å². The van der Waals surface area contributed by atoms with Crippen LogP contribution in [-0.4, -0.2) is 12.6 Å². The highest BCUT2D eigenvalue weighted by Crippen LogP contribution is 2.19. The third-order valence-corrected chi connectivity index (χ3v) is 3.26. The van der Waals surface area contributed by atoms with Gasteiger partial charge in [0.25, 0.3) is 0 Å². The van der Waals surface area contributed by atoms with Gasteiger partial charge in [-0.2, -0.15) is 0 Å². The van der Waals surface area contributed by atoms with Crippen molar-refractivity contribution >= 4 is 11.6 Å². The third-order valence-electron chi connectivity index (χ3n) is 2.97. The van der Waals surface area contributed by atoms with Crippen molar-refractivity contribution in [1.82, 2.24) is 5.32 Å². The van der Waals surface area contributed by atoms with Gasteiger partial charge in [0.05, 0.1) is 5.02 Å². The Morgan fingerprint density at radius 3 is 2.76 bits per heavy atom. The molecule has 0 fully saturated rings.